The van der Waals surface area contributed by atoms with Gasteiger partial charge in [0.2, 0.25) is 10.0 Å². The first kappa shape index (κ1) is 16.0. The second-order valence-electron chi connectivity index (χ2n) is 4.52. The molecule has 1 aromatic rings. The maximum absolute atomic E-state index is 11.9. The molecule has 0 unspecified atom stereocenters. The van der Waals surface area contributed by atoms with Gasteiger partial charge in [-0.25, -0.2) is 13.1 Å². The van der Waals surface area contributed by atoms with Crippen molar-refractivity contribution in [2.75, 3.05) is 27.2 Å². The molecule has 19 heavy (non-hydrogen) atoms. The Kier molecular flexibility index (Phi) is 5.86. The molecular weight excluding hydrogens is 282 g/mol. The molecule has 0 aliphatic rings. The molecule has 0 aliphatic heterocycles. The van der Waals surface area contributed by atoms with E-state index < -0.39 is 10.0 Å². The van der Waals surface area contributed by atoms with E-state index in [1.807, 2.05) is 19.0 Å². The average molecular weight is 301 g/mol. The van der Waals surface area contributed by atoms with Crippen LogP contribution >= 0.6 is 12.2 Å². The maximum atomic E-state index is 11.9. The van der Waals surface area contributed by atoms with Crippen LogP contribution in [0.4, 0.5) is 0 Å². The van der Waals surface area contributed by atoms with Gasteiger partial charge >= 0.3 is 0 Å². The lowest BCUT2D eigenvalue weighted by Crippen LogP contribution is -2.32. The SMILES string of the molecule is CN(C)CCNS(=O)(=O)Cc1cccc(C(N)=S)c1. The number of thiocarbonyl (C=S) groups is 1. The van der Waals surface area contributed by atoms with Gasteiger partial charge in [-0.1, -0.05) is 30.4 Å². The Morgan fingerprint density at radius 1 is 1.42 bits per heavy atom. The van der Waals surface area contributed by atoms with Crippen molar-refractivity contribution in [1.29, 1.82) is 0 Å². The van der Waals surface area contributed by atoms with Crippen LogP contribution in [0.1, 0.15) is 11.1 Å². The highest BCUT2D eigenvalue weighted by molar-refractivity contribution is 7.88. The number of hydrogen-bond acceptors (Lipinski definition) is 4. The summed E-state index contributed by atoms with van der Waals surface area (Å²) in [5.41, 5.74) is 6.87. The standard InChI is InChI=1S/C12H19N3O2S2/c1-15(2)7-6-14-19(16,17)9-10-4-3-5-11(8-10)12(13)18/h3-5,8,14H,6-7,9H2,1-2H3,(H2,13,18). The van der Waals surface area contributed by atoms with Crippen LogP contribution in [0.5, 0.6) is 0 Å². The molecule has 3 N–H and O–H groups in total. The predicted molar refractivity (Wildman–Crippen MR) is 81.5 cm³/mol. The van der Waals surface area contributed by atoms with E-state index in [-0.39, 0.29) is 10.7 Å². The van der Waals surface area contributed by atoms with Crippen LogP contribution in [0.2, 0.25) is 0 Å². The molecule has 106 valence electrons. The van der Waals surface area contributed by atoms with Crippen LogP contribution < -0.4 is 10.5 Å². The van der Waals surface area contributed by atoms with Gasteiger partial charge in [-0.15, -0.1) is 0 Å². The quantitative estimate of drug-likeness (QED) is 0.709. The summed E-state index contributed by atoms with van der Waals surface area (Å²) in [4.78, 5) is 2.18. The van der Waals surface area contributed by atoms with Crippen molar-refractivity contribution in [3.05, 3.63) is 35.4 Å². The molecule has 0 fully saturated rings. The zero-order valence-corrected chi connectivity index (χ0v) is 12.7. The molecule has 0 amide bonds. The summed E-state index contributed by atoms with van der Waals surface area (Å²) in [6.07, 6.45) is 0. The molecule has 1 rings (SSSR count). The fourth-order valence-electron chi connectivity index (χ4n) is 1.51. The minimum atomic E-state index is -3.33. The van der Waals surface area contributed by atoms with Gasteiger partial charge in [-0.2, -0.15) is 0 Å². The summed E-state index contributed by atoms with van der Waals surface area (Å²) in [7, 11) is 0.444. The van der Waals surface area contributed by atoms with Crippen LogP contribution in [0, 0.1) is 0 Å². The molecule has 0 radical (unpaired) electrons. The topological polar surface area (TPSA) is 75.4 Å². The number of likely N-dealkylation sites (N-methyl/N-ethyl adjacent to an activating group) is 1. The Labute approximate surface area is 119 Å². The highest BCUT2D eigenvalue weighted by Crippen LogP contribution is 2.08. The van der Waals surface area contributed by atoms with Gasteiger partial charge in [0.05, 0.1) is 5.75 Å². The Morgan fingerprint density at radius 2 is 2.11 bits per heavy atom. The Balaban J connectivity index is 2.67. The fourth-order valence-corrected chi connectivity index (χ4v) is 2.76. The van der Waals surface area contributed by atoms with Crippen molar-refractivity contribution in [3.63, 3.8) is 0 Å². The van der Waals surface area contributed by atoms with Gasteiger partial charge in [-0.05, 0) is 25.7 Å². The zero-order valence-electron chi connectivity index (χ0n) is 11.1. The molecule has 5 nitrogen and oxygen atoms in total. The van der Waals surface area contributed by atoms with E-state index >= 15 is 0 Å². The van der Waals surface area contributed by atoms with E-state index in [0.29, 0.717) is 24.2 Å². The molecular formula is C12H19N3O2S2. The Hall–Kier alpha value is -1.02. The number of nitrogens with one attached hydrogen (secondary N) is 1. The average Bonchev–Trinajstić information content (AvgIpc) is 2.27. The summed E-state index contributed by atoms with van der Waals surface area (Å²) in [6.45, 7) is 1.05. The van der Waals surface area contributed by atoms with Gasteiger partial charge in [0, 0.05) is 18.7 Å². The molecule has 0 saturated carbocycles. The van der Waals surface area contributed by atoms with E-state index in [4.69, 9.17) is 18.0 Å². The number of benzene rings is 1. The smallest absolute Gasteiger partial charge is 0.215 e. The third kappa shape index (κ3) is 6.11. The molecule has 0 bridgehead atoms. The molecule has 0 spiro atoms. The van der Waals surface area contributed by atoms with Gasteiger partial charge < -0.3 is 10.6 Å². The number of sulfonamides is 1. The van der Waals surface area contributed by atoms with Gasteiger partial charge in [0.1, 0.15) is 4.99 Å². The van der Waals surface area contributed by atoms with Gasteiger partial charge in [0.25, 0.3) is 0 Å². The van der Waals surface area contributed by atoms with E-state index in [9.17, 15) is 8.42 Å². The lowest BCUT2D eigenvalue weighted by Gasteiger charge is -2.11. The minimum absolute atomic E-state index is 0.0725. The zero-order chi connectivity index (χ0) is 14.5. The summed E-state index contributed by atoms with van der Waals surface area (Å²) in [5.74, 6) is -0.0725. The first-order valence-corrected chi connectivity index (χ1v) is 7.87. The largest absolute Gasteiger partial charge is 0.389 e. The summed E-state index contributed by atoms with van der Waals surface area (Å²) >= 11 is 4.87. The second-order valence-corrected chi connectivity index (χ2v) is 6.77. The Bertz CT molecular complexity index is 542. The van der Waals surface area contributed by atoms with Crippen molar-refractivity contribution in [3.8, 4) is 0 Å². The number of rotatable bonds is 7. The van der Waals surface area contributed by atoms with Crippen LogP contribution in [-0.2, 0) is 15.8 Å². The van der Waals surface area contributed by atoms with E-state index in [2.05, 4.69) is 4.72 Å². The molecule has 0 aromatic heterocycles. The molecule has 0 aliphatic carbocycles. The number of hydrogen-bond donors (Lipinski definition) is 2. The van der Waals surface area contributed by atoms with Crippen LogP contribution in [0.3, 0.4) is 0 Å². The van der Waals surface area contributed by atoms with E-state index in [1.54, 1.807) is 24.3 Å². The van der Waals surface area contributed by atoms with Crippen LogP contribution in [0.25, 0.3) is 0 Å². The Morgan fingerprint density at radius 3 is 2.68 bits per heavy atom. The predicted octanol–water partition coefficient (Wildman–Crippen LogP) is 0.302. The molecule has 7 heteroatoms. The first-order chi connectivity index (χ1) is 8.80. The van der Waals surface area contributed by atoms with Crippen molar-refractivity contribution in [2.45, 2.75) is 5.75 Å². The fraction of sp³-hybridized carbons (Fsp3) is 0.417. The van der Waals surface area contributed by atoms with Crippen molar-refractivity contribution in [2.24, 2.45) is 5.73 Å². The normalized spacial score (nSPS) is 11.7. The van der Waals surface area contributed by atoms with E-state index in [1.165, 1.54) is 0 Å². The summed E-state index contributed by atoms with van der Waals surface area (Å²) < 4.78 is 26.3. The highest BCUT2D eigenvalue weighted by atomic mass is 32.2. The first-order valence-electron chi connectivity index (χ1n) is 5.81. The van der Waals surface area contributed by atoms with Crippen LogP contribution in [0.15, 0.2) is 24.3 Å². The molecule has 0 saturated heterocycles. The molecule has 0 atom stereocenters. The third-order valence-electron chi connectivity index (χ3n) is 2.45. The highest BCUT2D eigenvalue weighted by Gasteiger charge is 2.11. The van der Waals surface area contributed by atoms with Crippen molar-refractivity contribution in [1.82, 2.24) is 9.62 Å². The van der Waals surface area contributed by atoms with Gasteiger partial charge in [-0.3, -0.25) is 0 Å². The monoisotopic (exact) mass is 301 g/mol. The van der Waals surface area contributed by atoms with Crippen molar-refractivity contribution >= 4 is 27.2 Å². The summed E-state index contributed by atoms with van der Waals surface area (Å²) in [5, 5.41) is 0. The molecule has 0 heterocycles. The number of nitrogens with two attached hydrogens (primary N) is 1. The summed E-state index contributed by atoms with van der Waals surface area (Å²) in [6, 6.07) is 6.96. The lowest BCUT2D eigenvalue weighted by molar-refractivity contribution is 0.412. The minimum Gasteiger partial charge on any atom is -0.389 e. The van der Waals surface area contributed by atoms with E-state index in [0.717, 1.165) is 0 Å². The second kappa shape index (κ2) is 6.95. The third-order valence-corrected chi connectivity index (χ3v) is 4.04. The van der Waals surface area contributed by atoms with Crippen LogP contribution in [-0.4, -0.2) is 45.5 Å². The molecule has 1 aromatic carbocycles. The van der Waals surface area contributed by atoms with Gasteiger partial charge in [0.15, 0.2) is 0 Å². The van der Waals surface area contributed by atoms with Crippen molar-refractivity contribution < 1.29 is 8.42 Å². The lowest BCUT2D eigenvalue weighted by atomic mass is 10.1. The maximum Gasteiger partial charge on any atom is 0.215 e. The number of nitrogens with zero attached hydrogens (tertiary/aromatic N) is 1.